The first-order valence-electron chi connectivity index (χ1n) is 6.09. The first-order chi connectivity index (χ1) is 8.56. The van der Waals surface area contributed by atoms with Gasteiger partial charge in [0.1, 0.15) is 5.75 Å². The van der Waals surface area contributed by atoms with Crippen LogP contribution in [0.15, 0.2) is 12.1 Å². The monoisotopic (exact) mass is 251 g/mol. The van der Waals surface area contributed by atoms with Gasteiger partial charge in [0, 0.05) is 30.9 Å². The van der Waals surface area contributed by atoms with Crippen molar-refractivity contribution in [2.45, 2.75) is 33.4 Å². The third-order valence-corrected chi connectivity index (χ3v) is 2.55. The Hall–Kier alpha value is -1.62. The van der Waals surface area contributed by atoms with E-state index in [4.69, 9.17) is 4.74 Å². The van der Waals surface area contributed by atoms with Crippen molar-refractivity contribution in [3.63, 3.8) is 0 Å². The summed E-state index contributed by atoms with van der Waals surface area (Å²) in [7, 11) is 1.63. The second-order valence-electron chi connectivity index (χ2n) is 4.14. The van der Waals surface area contributed by atoms with Gasteiger partial charge < -0.3 is 15.4 Å². The molecule has 0 spiro atoms. The molecule has 0 aromatic carbocycles. The summed E-state index contributed by atoms with van der Waals surface area (Å²) in [5, 5.41) is 5.90. The molecule has 1 aromatic heterocycles. The fourth-order valence-corrected chi connectivity index (χ4v) is 1.59. The first-order valence-corrected chi connectivity index (χ1v) is 6.09. The van der Waals surface area contributed by atoms with Crippen LogP contribution in [0.1, 0.15) is 25.2 Å². The molecule has 5 nitrogen and oxygen atoms in total. The molecule has 1 rings (SSSR count). The summed E-state index contributed by atoms with van der Waals surface area (Å²) >= 11 is 0. The van der Waals surface area contributed by atoms with Gasteiger partial charge in [0.25, 0.3) is 0 Å². The van der Waals surface area contributed by atoms with Gasteiger partial charge in [0.2, 0.25) is 5.91 Å². The van der Waals surface area contributed by atoms with E-state index in [9.17, 15) is 4.79 Å². The SMILES string of the molecule is CCNC(=O)C(C)NCc1cc(OC)cc(C)n1. The minimum atomic E-state index is -0.238. The van der Waals surface area contributed by atoms with E-state index in [1.165, 1.54) is 0 Å². The fourth-order valence-electron chi connectivity index (χ4n) is 1.59. The molecule has 1 heterocycles. The van der Waals surface area contributed by atoms with Crippen molar-refractivity contribution in [1.82, 2.24) is 15.6 Å². The van der Waals surface area contributed by atoms with Gasteiger partial charge in [-0.05, 0) is 20.8 Å². The highest BCUT2D eigenvalue weighted by atomic mass is 16.5. The average molecular weight is 251 g/mol. The van der Waals surface area contributed by atoms with E-state index in [0.29, 0.717) is 13.1 Å². The van der Waals surface area contributed by atoms with Crippen molar-refractivity contribution >= 4 is 5.91 Å². The number of aryl methyl sites for hydroxylation is 1. The quantitative estimate of drug-likeness (QED) is 0.792. The van der Waals surface area contributed by atoms with Gasteiger partial charge in [-0.15, -0.1) is 0 Å². The van der Waals surface area contributed by atoms with E-state index in [0.717, 1.165) is 17.1 Å². The Bertz CT molecular complexity index is 407. The smallest absolute Gasteiger partial charge is 0.236 e. The van der Waals surface area contributed by atoms with Crippen molar-refractivity contribution in [3.8, 4) is 5.75 Å². The van der Waals surface area contributed by atoms with Crippen LogP contribution in [0.4, 0.5) is 0 Å². The Kier molecular flexibility index (Phi) is 5.58. The zero-order chi connectivity index (χ0) is 13.5. The van der Waals surface area contributed by atoms with Crippen LogP contribution in [-0.2, 0) is 11.3 Å². The number of likely N-dealkylation sites (N-methyl/N-ethyl adjacent to an activating group) is 1. The molecule has 0 aliphatic carbocycles. The van der Waals surface area contributed by atoms with E-state index < -0.39 is 0 Å². The van der Waals surface area contributed by atoms with Gasteiger partial charge in [-0.1, -0.05) is 0 Å². The highest BCUT2D eigenvalue weighted by molar-refractivity contribution is 5.81. The third-order valence-electron chi connectivity index (χ3n) is 2.55. The van der Waals surface area contributed by atoms with E-state index in [2.05, 4.69) is 15.6 Å². The maximum Gasteiger partial charge on any atom is 0.236 e. The van der Waals surface area contributed by atoms with Crippen molar-refractivity contribution < 1.29 is 9.53 Å². The summed E-state index contributed by atoms with van der Waals surface area (Å²) in [4.78, 5) is 15.9. The predicted molar refractivity (Wildman–Crippen MR) is 70.5 cm³/mol. The van der Waals surface area contributed by atoms with E-state index in [1.54, 1.807) is 7.11 Å². The molecular weight excluding hydrogens is 230 g/mol. The summed E-state index contributed by atoms with van der Waals surface area (Å²) in [6.45, 7) is 6.83. The zero-order valence-electron chi connectivity index (χ0n) is 11.4. The second kappa shape index (κ2) is 6.96. The molecular formula is C13H21N3O2. The lowest BCUT2D eigenvalue weighted by molar-refractivity contribution is -0.122. The normalized spacial score (nSPS) is 12.0. The van der Waals surface area contributed by atoms with Crippen LogP contribution in [0.3, 0.4) is 0 Å². The lowest BCUT2D eigenvalue weighted by Crippen LogP contribution is -2.41. The summed E-state index contributed by atoms with van der Waals surface area (Å²) < 4.78 is 5.18. The van der Waals surface area contributed by atoms with E-state index >= 15 is 0 Å². The Morgan fingerprint density at radius 1 is 1.50 bits per heavy atom. The maximum atomic E-state index is 11.5. The number of carbonyl (C=O) groups is 1. The molecule has 0 saturated heterocycles. The maximum absolute atomic E-state index is 11.5. The predicted octanol–water partition coefficient (Wildman–Crippen LogP) is 1.01. The van der Waals surface area contributed by atoms with Crippen LogP contribution in [0, 0.1) is 6.92 Å². The molecule has 0 saturated carbocycles. The highest BCUT2D eigenvalue weighted by Gasteiger charge is 2.11. The lowest BCUT2D eigenvalue weighted by atomic mass is 10.2. The zero-order valence-corrected chi connectivity index (χ0v) is 11.4. The number of carbonyl (C=O) groups excluding carboxylic acids is 1. The van der Waals surface area contributed by atoms with Gasteiger partial charge in [-0.25, -0.2) is 0 Å². The number of rotatable bonds is 6. The molecule has 18 heavy (non-hydrogen) atoms. The van der Waals surface area contributed by atoms with Gasteiger partial charge >= 0.3 is 0 Å². The minimum Gasteiger partial charge on any atom is -0.497 e. The van der Waals surface area contributed by atoms with Gasteiger partial charge in [0.15, 0.2) is 0 Å². The van der Waals surface area contributed by atoms with Crippen LogP contribution in [0.5, 0.6) is 5.75 Å². The number of nitrogens with zero attached hydrogens (tertiary/aromatic N) is 1. The molecule has 0 aliphatic heterocycles. The van der Waals surface area contributed by atoms with Crippen LogP contribution in [-0.4, -0.2) is 30.6 Å². The minimum absolute atomic E-state index is 0.00267. The number of pyridine rings is 1. The number of nitrogens with one attached hydrogen (secondary N) is 2. The van der Waals surface area contributed by atoms with Crippen molar-refractivity contribution in [2.24, 2.45) is 0 Å². The number of ether oxygens (including phenoxy) is 1. The Labute approximate surface area is 108 Å². The Balaban J connectivity index is 2.57. The molecule has 0 radical (unpaired) electrons. The Morgan fingerprint density at radius 2 is 2.22 bits per heavy atom. The molecule has 1 amide bonds. The number of hydrogen-bond acceptors (Lipinski definition) is 4. The highest BCUT2D eigenvalue weighted by Crippen LogP contribution is 2.13. The lowest BCUT2D eigenvalue weighted by Gasteiger charge is -2.13. The average Bonchev–Trinajstić information content (AvgIpc) is 2.35. The van der Waals surface area contributed by atoms with Crippen LogP contribution < -0.4 is 15.4 Å². The third kappa shape index (κ3) is 4.33. The molecule has 0 aliphatic rings. The molecule has 0 fully saturated rings. The van der Waals surface area contributed by atoms with Crippen LogP contribution in [0.2, 0.25) is 0 Å². The molecule has 1 atom stereocenters. The van der Waals surface area contributed by atoms with Crippen molar-refractivity contribution in [3.05, 3.63) is 23.5 Å². The molecule has 1 unspecified atom stereocenters. The van der Waals surface area contributed by atoms with Gasteiger partial charge in [0.05, 0.1) is 18.8 Å². The molecule has 0 bridgehead atoms. The van der Waals surface area contributed by atoms with Gasteiger partial charge in [-0.2, -0.15) is 0 Å². The van der Waals surface area contributed by atoms with Gasteiger partial charge in [-0.3, -0.25) is 9.78 Å². The summed E-state index contributed by atoms with van der Waals surface area (Å²) in [5.41, 5.74) is 1.76. The number of methoxy groups -OCH3 is 1. The fraction of sp³-hybridized carbons (Fsp3) is 0.538. The standard InChI is InChI=1S/C13H21N3O2/c1-5-14-13(17)10(3)15-8-11-7-12(18-4)6-9(2)16-11/h6-7,10,15H,5,8H2,1-4H3,(H,14,17). The van der Waals surface area contributed by atoms with E-state index in [1.807, 2.05) is 32.9 Å². The first kappa shape index (κ1) is 14.4. The van der Waals surface area contributed by atoms with E-state index in [-0.39, 0.29) is 11.9 Å². The topological polar surface area (TPSA) is 63.2 Å². The Morgan fingerprint density at radius 3 is 2.83 bits per heavy atom. The summed E-state index contributed by atoms with van der Waals surface area (Å²) in [6.07, 6.45) is 0. The molecule has 5 heteroatoms. The largest absolute Gasteiger partial charge is 0.497 e. The van der Waals surface area contributed by atoms with Crippen molar-refractivity contribution in [2.75, 3.05) is 13.7 Å². The van der Waals surface area contributed by atoms with Crippen molar-refractivity contribution in [1.29, 1.82) is 0 Å². The van der Waals surface area contributed by atoms with Crippen LogP contribution in [0.25, 0.3) is 0 Å². The number of aromatic nitrogens is 1. The summed E-state index contributed by atoms with van der Waals surface area (Å²) in [6, 6.07) is 3.50. The number of amides is 1. The number of hydrogen-bond donors (Lipinski definition) is 2. The molecule has 2 N–H and O–H groups in total. The second-order valence-corrected chi connectivity index (χ2v) is 4.14. The molecule has 100 valence electrons. The summed E-state index contributed by atoms with van der Waals surface area (Å²) in [5.74, 6) is 0.780. The van der Waals surface area contributed by atoms with Crippen LogP contribution >= 0.6 is 0 Å². The molecule has 1 aromatic rings.